The molecule has 0 aliphatic carbocycles. The predicted octanol–water partition coefficient (Wildman–Crippen LogP) is 5.43. The van der Waals surface area contributed by atoms with Crippen LogP contribution >= 0.6 is 0 Å². The van der Waals surface area contributed by atoms with Gasteiger partial charge in [0.2, 0.25) is 0 Å². The van der Waals surface area contributed by atoms with Gasteiger partial charge in [0, 0.05) is 0 Å². The van der Waals surface area contributed by atoms with E-state index in [2.05, 4.69) is 6.92 Å². The minimum absolute atomic E-state index is 0.0741. The Morgan fingerprint density at radius 2 is 1.26 bits per heavy atom. The first-order valence-electron chi connectivity index (χ1n) is 9.04. The number of hydrogen-bond donors (Lipinski definition) is 1. The molecular weight excluding hydrogens is 319 g/mol. The number of rotatable bonds is 11. The van der Waals surface area contributed by atoms with Crippen molar-refractivity contribution in [2.45, 2.75) is 79.7 Å². The van der Waals surface area contributed by atoms with E-state index in [0.29, 0.717) is 0 Å². The van der Waals surface area contributed by atoms with Crippen molar-refractivity contribution in [1.29, 1.82) is 0 Å². The van der Waals surface area contributed by atoms with Crippen molar-refractivity contribution in [3.8, 4) is 0 Å². The van der Waals surface area contributed by atoms with Gasteiger partial charge in [0.1, 0.15) is 0 Å². The molecule has 128 valence electrons. The molecule has 1 N–H and O–H groups in total. The summed E-state index contributed by atoms with van der Waals surface area (Å²) in [6, 6.07) is 7.42. The Labute approximate surface area is 160 Å². The maximum atomic E-state index is 10.4. The average Bonchev–Trinajstić information content (AvgIpc) is 2.54. The van der Waals surface area contributed by atoms with E-state index in [1.165, 1.54) is 108 Å². The van der Waals surface area contributed by atoms with E-state index in [1.807, 2.05) is 0 Å². The van der Waals surface area contributed by atoms with Crippen molar-refractivity contribution in [2.24, 2.45) is 0 Å². The van der Waals surface area contributed by atoms with Gasteiger partial charge in [0.25, 0.3) is 10.1 Å². The van der Waals surface area contributed by atoms with Crippen LogP contribution in [0.15, 0.2) is 35.2 Å². The zero-order valence-electron chi connectivity index (χ0n) is 14.8. The molecule has 1 aromatic carbocycles. The first-order chi connectivity index (χ1) is 11.0. The maximum absolute atomic E-state index is 10.4. The number of benzene rings is 1. The molecule has 0 aliphatic rings. The third-order valence-corrected chi connectivity index (χ3v) is 5.32. The zero-order valence-corrected chi connectivity index (χ0v) is 17.7. The van der Waals surface area contributed by atoms with Crippen molar-refractivity contribution in [1.82, 2.24) is 0 Å². The van der Waals surface area contributed by atoms with Crippen LogP contribution < -0.4 is 0 Å². The molecule has 1 aromatic rings. The first-order valence-corrected chi connectivity index (χ1v) is 11.9. The SMILES string of the molecule is CCCCCCCCCCC[CH2][Na].O=S(=O)(O)c1ccccc1. The van der Waals surface area contributed by atoms with E-state index >= 15 is 0 Å². The van der Waals surface area contributed by atoms with Crippen LogP contribution in [-0.2, 0) is 10.1 Å². The largest absolute Gasteiger partial charge is 0.294 e. The van der Waals surface area contributed by atoms with Crippen LogP contribution in [0.2, 0.25) is 3.67 Å². The summed E-state index contributed by atoms with van der Waals surface area (Å²) in [6.07, 6.45) is 14.7. The molecular formula is C18H31NaO3S. The molecule has 1 rings (SSSR count). The molecule has 0 spiro atoms. The zero-order chi connectivity index (χ0) is 17.4. The minimum Gasteiger partial charge on any atom is -0.282 e. The van der Waals surface area contributed by atoms with Crippen LogP contribution in [0.5, 0.6) is 0 Å². The van der Waals surface area contributed by atoms with Gasteiger partial charge in [-0.05, 0) is 12.1 Å². The van der Waals surface area contributed by atoms with Crippen LogP contribution in [0.4, 0.5) is 0 Å². The summed E-state index contributed by atoms with van der Waals surface area (Å²) in [5.74, 6) is 0. The monoisotopic (exact) mass is 350 g/mol. The molecule has 0 heterocycles. The van der Waals surface area contributed by atoms with Crippen LogP contribution in [0.3, 0.4) is 0 Å². The molecule has 5 heteroatoms. The molecule has 3 nitrogen and oxygen atoms in total. The Morgan fingerprint density at radius 3 is 1.61 bits per heavy atom. The van der Waals surface area contributed by atoms with Gasteiger partial charge in [-0.1, -0.05) is 18.2 Å². The van der Waals surface area contributed by atoms with E-state index in [0.717, 1.165) is 0 Å². The van der Waals surface area contributed by atoms with Crippen molar-refractivity contribution >= 4 is 38.0 Å². The Morgan fingerprint density at radius 1 is 0.826 bits per heavy atom. The molecule has 23 heavy (non-hydrogen) atoms. The van der Waals surface area contributed by atoms with Crippen LogP contribution in [-0.4, -0.2) is 40.9 Å². The summed E-state index contributed by atoms with van der Waals surface area (Å²) in [5, 5.41) is 0. The Bertz CT molecular complexity index is 450. The van der Waals surface area contributed by atoms with Gasteiger partial charge in [-0.15, -0.1) is 0 Å². The van der Waals surface area contributed by atoms with E-state index in [-0.39, 0.29) is 4.90 Å². The summed E-state index contributed by atoms with van der Waals surface area (Å²) in [4.78, 5) is -0.0741. The first kappa shape index (κ1) is 23.1. The fourth-order valence-electron chi connectivity index (χ4n) is 2.33. The van der Waals surface area contributed by atoms with E-state index in [9.17, 15) is 8.42 Å². The second-order valence-corrected chi connectivity index (χ2v) is 8.39. The minimum atomic E-state index is -4.00. The van der Waals surface area contributed by atoms with Gasteiger partial charge < -0.3 is 0 Å². The summed E-state index contributed by atoms with van der Waals surface area (Å²) in [5.41, 5.74) is 0. The fraction of sp³-hybridized carbons (Fsp3) is 0.667. The fourth-order valence-corrected chi connectivity index (χ4v) is 3.33. The molecule has 0 amide bonds. The summed E-state index contributed by atoms with van der Waals surface area (Å²) >= 11 is 1.41. The molecule has 0 fully saturated rings. The van der Waals surface area contributed by atoms with Crippen molar-refractivity contribution in [3.63, 3.8) is 0 Å². The quantitative estimate of drug-likeness (QED) is 0.329. The number of hydrogen-bond acceptors (Lipinski definition) is 2. The molecule has 0 saturated heterocycles. The molecule has 0 bridgehead atoms. The second kappa shape index (κ2) is 15.6. The Kier molecular flexibility index (Phi) is 15.7. The summed E-state index contributed by atoms with van der Waals surface area (Å²) < 4.78 is 30.7. The molecule has 0 atom stereocenters. The maximum Gasteiger partial charge on any atom is 0.294 e. The standard InChI is InChI=1S/C12H25.C6H6O3S.Na/c1-3-5-7-9-11-12-10-8-6-4-2;7-10(8,9)6-4-2-1-3-5-6;/h1,3-12H2,2H3;1-5H,(H,7,8,9);. The molecule has 0 radical (unpaired) electrons. The van der Waals surface area contributed by atoms with Gasteiger partial charge in [0.05, 0.1) is 4.90 Å². The summed E-state index contributed by atoms with van der Waals surface area (Å²) in [7, 11) is -4.00. The van der Waals surface area contributed by atoms with Gasteiger partial charge in [-0.3, -0.25) is 4.55 Å². The van der Waals surface area contributed by atoms with Crippen molar-refractivity contribution in [2.75, 3.05) is 0 Å². The van der Waals surface area contributed by atoms with Gasteiger partial charge in [-0.2, -0.15) is 8.42 Å². The average molecular weight is 351 g/mol. The van der Waals surface area contributed by atoms with Gasteiger partial charge in [-0.25, -0.2) is 0 Å². The van der Waals surface area contributed by atoms with Crippen LogP contribution in [0, 0.1) is 0 Å². The summed E-state index contributed by atoms with van der Waals surface area (Å²) in [6.45, 7) is 2.29. The van der Waals surface area contributed by atoms with Gasteiger partial charge >= 0.3 is 103 Å². The van der Waals surface area contributed by atoms with Crippen LogP contribution in [0.1, 0.15) is 71.1 Å². The smallest absolute Gasteiger partial charge is 0.282 e. The normalized spacial score (nSPS) is 11.0. The van der Waals surface area contributed by atoms with Gasteiger partial charge in [0.15, 0.2) is 0 Å². The molecule has 0 saturated carbocycles. The van der Waals surface area contributed by atoms with E-state index in [1.54, 1.807) is 18.2 Å². The second-order valence-electron chi connectivity index (χ2n) is 5.97. The predicted molar refractivity (Wildman–Crippen MR) is 98.7 cm³/mol. The van der Waals surface area contributed by atoms with Crippen molar-refractivity contribution < 1.29 is 13.0 Å². The number of unbranched alkanes of at least 4 members (excludes halogenated alkanes) is 9. The van der Waals surface area contributed by atoms with Crippen molar-refractivity contribution in [3.05, 3.63) is 30.3 Å². The molecule has 0 unspecified atom stereocenters. The van der Waals surface area contributed by atoms with Crippen LogP contribution in [0.25, 0.3) is 0 Å². The third kappa shape index (κ3) is 15.4. The van der Waals surface area contributed by atoms with E-state index < -0.39 is 10.1 Å². The Hall–Kier alpha value is 0.130. The molecule has 0 aromatic heterocycles. The molecule has 0 aliphatic heterocycles. The van der Waals surface area contributed by atoms with E-state index in [4.69, 9.17) is 4.55 Å². The topological polar surface area (TPSA) is 54.4 Å². The third-order valence-electron chi connectivity index (χ3n) is 3.75. The Balaban J connectivity index is 0.000000433.